The average Bonchev–Trinajstić information content (AvgIpc) is 3.59. The number of hydrogen-bond acceptors (Lipinski definition) is 7. The van der Waals surface area contributed by atoms with E-state index < -0.39 is 62.7 Å². The first-order valence-electron chi connectivity index (χ1n) is 18.3. The number of nitrogens with one attached hydrogen (secondary N) is 2. The van der Waals surface area contributed by atoms with Crippen molar-refractivity contribution in [3.8, 4) is 0 Å². The Balaban J connectivity index is 1.84. The minimum atomic E-state index is -3.73. The summed E-state index contributed by atoms with van der Waals surface area (Å²) >= 11 is 0. The maximum atomic E-state index is 14.5. The summed E-state index contributed by atoms with van der Waals surface area (Å²) in [5.41, 5.74) is -1.26. The van der Waals surface area contributed by atoms with Gasteiger partial charge in [-0.05, 0) is 54.3 Å². The molecule has 13 heteroatoms. The van der Waals surface area contributed by atoms with Crippen LogP contribution in [0.3, 0.4) is 0 Å². The topological polar surface area (TPSA) is 153 Å². The SMILES string of the molecule is C=CCCC(=O)C(=O)C(CC(=O)[C@@H]1[C@H]2CCC[C@H]2CN1C(=O)[C@@H](NC(=O)N[C@H](CN(C)S(=O)(=O)N(C)C)C(C)(C)C)C(C)(C)C)CC1CCC1. The largest absolute Gasteiger partial charge is 0.334 e. The number of carbonyl (C=O) groups is 5. The molecule has 3 aliphatic rings. The number of likely N-dealkylation sites (tertiary alicyclic amines) is 1. The summed E-state index contributed by atoms with van der Waals surface area (Å²) in [4.78, 5) is 70.3. The summed E-state index contributed by atoms with van der Waals surface area (Å²) in [5.74, 6) is -1.77. The van der Waals surface area contributed by atoms with Crippen molar-refractivity contribution >= 4 is 39.5 Å². The minimum Gasteiger partial charge on any atom is -0.334 e. The summed E-state index contributed by atoms with van der Waals surface area (Å²) in [6, 6.07) is -2.93. The quantitative estimate of drug-likeness (QED) is 0.167. The van der Waals surface area contributed by atoms with Gasteiger partial charge in [0.25, 0.3) is 10.2 Å². The van der Waals surface area contributed by atoms with Crippen LogP contribution in [0.2, 0.25) is 0 Å². The van der Waals surface area contributed by atoms with Crippen LogP contribution in [0.5, 0.6) is 0 Å². The molecule has 0 aromatic heterocycles. The molecule has 284 valence electrons. The highest BCUT2D eigenvalue weighted by Gasteiger charge is 2.52. The third kappa shape index (κ3) is 10.2. The first-order chi connectivity index (χ1) is 23.1. The molecule has 0 radical (unpaired) electrons. The summed E-state index contributed by atoms with van der Waals surface area (Å²) in [5, 5.41) is 5.82. The molecule has 0 bridgehead atoms. The van der Waals surface area contributed by atoms with Gasteiger partial charge in [-0.1, -0.05) is 73.3 Å². The molecule has 3 rings (SSSR count). The fraction of sp³-hybridized carbons (Fsp3) is 0.811. The van der Waals surface area contributed by atoms with Crippen LogP contribution in [0.1, 0.15) is 106 Å². The van der Waals surface area contributed by atoms with E-state index in [4.69, 9.17) is 0 Å². The van der Waals surface area contributed by atoms with Crippen LogP contribution in [-0.2, 0) is 29.4 Å². The lowest BCUT2D eigenvalue weighted by Gasteiger charge is -2.38. The molecule has 6 atom stereocenters. The first-order valence-corrected chi connectivity index (χ1v) is 19.7. The third-order valence-electron chi connectivity index (χ3n) is 11.0. The summed E-state index contributed by atoms with van der Waals surface area (Å²) in [6.45, 7) is 15.3. The number of hydrogen-bond donors (Lipinski definition) is 2. The highest BCUT2D eigenvalue weighted by Crippen LogP contribution is 2.44. The molecule has 0 spiro atoms. The van der Waals surface area contributed by atoms with Gasteiger partial charge in [0.05, 0.1) is 6.04 Å². The molecule has 0 aromatic carbocycles. The van der Waals surface area contributed by atoms with Crippen molar-refractivity contribution in [3.05, 3.63) is 12.7 Å². The zero-order chi connectivity index (χ0) is 37.8. The van der Waals surface area contributed by atoms with Gasteiger partial charge in [0.1, 0.15) is 6.04 Å². The van der Waals surface area contributed by atoms with Crippen LogP contribution in [0, 0.1) is 34.5 Å². The van der Waals surface area contributed by atoms with Gasteiger partial charge in [0.15, 0.2) is 11.6 Å². The van der Waals surface area contributed by atoms with Crippen molar-refractivity contribution in [1.82, 2.24) is 24.1 Å². The Morgan fingerprint density at radius 2 is 1.54 bits per heavy atom. The fourth-order valence-electron chi connectivity index (χ4n) is 7.62. The number of amides is 3. The van der Waals surface area contributed by atoms with E-state index in [1.807, 2.05) is 41.5 Å². The molecule has 2 saturated carbocycles. The van der Waals surface area contributed by atoms with Crippen molar-refractivity contribution < 1.29 is 32.4 Å². The van der Waals surface area contributed by atoms with Crippen molar-refractivity contribution in [2.45, 2.75) is 124 Å². The van der Waals surface area contributed by atoms with Crippen molar-refractivity contribution in [1.29, 1.82) is 0 Å². The first kappa shape index (κ1) is 41.8. The Morgan fingerprint density at radius 1 is 0.920 bits per heavy atom. The zero-order valence-corrected chi connectivity index (χ0v) is 32.7. The number of carbonyl (C=O) groups excluding carboxylic acids is 5. The Morgan fingerprint density at radius 3 is 2.06 bits per heavy atom. The molecule has 1 saturated heterocycles. The van der Waals surface area contributed by atoms with Crippen LogP contribution < -0.4 is 10.6 Å². The molecule has 2 N–H and O–H groups in total. The second-order valence-electron chi connectivity index (χ2n) is 17.2. The summed E-state index contributed by atoms with van der Waals surface area (Å²) < 4.78 is 27.8. The van der Waals surface area contributed by atoms with Gasteiger partial charge in [-0.3, -0.25) is 19.2 Å². The molecule has 2 aliphatic carbocycles. The summed E-state index contributed by atoms with van der Waals surface area (Å²) in [7, 11) is 0.611. The molecule has 0 aromatic rings. The maximum Gasteiger partial charge on any atom is 0.315 e. The second kappa shape index (κ2) is 16.8. The molecular weight excluding hydrogens is 659 g/mol. The van der Waals surface area contributed by atoms with Crippen molar-refractivity contribution in [3.63, 3.8) is 0 Å². The summed E-state index contributed by atoms with van der Waals surface area (Å²) in [6.07, 6.45) is 8.22. The van der Waals surface area contributed by atoms with Gasteiger partial charge in [-0.2, -0.15) is 17.0 Å². The van der Waals surface area contributed by atoms with Crippen LogP contribution in [0.25, 0.3) is 0 Å². The molecule has 50 heavy (non-hydrogen) atoms. The predicted octanol–water partition coefficient (Wildman–Crippen LogP) is 4.35. The Bertz CT molecular complexity index is 1380. The minimum absolute atomic E-state index is 0.00839. The third-order valence-corrected chi connectivity index (χ3v) is 12.9. The van der Waals surface area contributed by atoms with E-state index >= 15 is 0 Å². The normalized spacial score (nSPS) is 23.2. The van der Waals surface area contributed by atoms with E-state index in [0.717, 1.165) is 42.8 Å². The fourth-order valence-corrected chi connectivity index (χ4v) is 8.51. The number of allylic oxidation sites excluding steroid dienone is 1. The standard InChI is InChI=1S/C37H63N5O7S/c1-11-12-19-28(43)32(45)26(20-24-15-13-16-24)21-29(44)31-27-18-14-17-25(27)22-42(31)34(46)33(37(5,6)7)39-35(47)38-30(36(2,3)4)23-41(10)50(48,49)40(8)9/h11,24-27,30-31,33H,1,12-23H2,2-10H3,(H2,38,39,47)/t25-,26?,27-,30+,31-,33+/m0/s1. The highest BCUT2D eigenvalue weighted by molar-refractivity contribution is 7.86. The van der Waals surface area contributed by atoms with Crippen LogP contribution >= 0.6 is 0 Å². The Kier molecular flexibility index (Phi) is 14.0. The van der Waals surface area contributed by atoms with Crippen molar-refractivity contribution in [2.24, 2.45) is 34.5 Å². The lowest BCUT2D eigenvalue weighted by Crippen LogP contribution is -2.61. The smallest absolute Gasteiger partial charge is 0.315 e. The monoisotopic (exact) mass is 721 g/mol. The number of ketones is 3. The van der Waals surface area contributed by atoms with Crippen molar-refractivity contribution in [2.75, 3.05) is 34.2 Å². The number of likely N-dealkylation sites (N-methyl/N-ethyl adjacent to an activating group) is 1. The van der Waals surface area contributed by atoms with Gasteiger partial charge in [-0.25, -0.2) is 4.79 Å². The lowest BCUT2D eigenvalue weighted by molar-refractivity contribution is -0.144. The van der Waals surface area contributed by atoms with E-state index in [1.54, 1.807) is 11.0 Å². The predicted molar refractivity (Wildman–Crippen MR) is 194 cm³/mol. The van der Waals surface area contributed by atoms with Crippen LogP contribution in [0.4, 0.5) is 4.79 Å². The molecule has 1 heterocycles. The van der Waals surface area contributed by atoms with E-state index in [2.05, 4.69) is 17.2 Å². The number of nitrogens with zero attached hydrogens (tertiary/aromatic N) is 3. The second-order valence-corrected chi connectivity index (χ2v) is 19.5. The van der Waals surface area contributed by atoms with Crippen LogP contribution in [0.15, 0.2) is 12.7 Å². The van der Waals surface area contributed by atoms with E-state index in [0.29, 0.717) is 25.3 Å². The van der Waals surface area contributed by atoms with Gasteiger partial charge in [-0.15, -0.1) is 6.58 Å². The number of Topliss-reactive ketones (excluding diaryl/α,β-unsaturated/α-hetero) is 3. The molecule has 3 amide bonds. The Labute approximate surface area is 300 Å². The zero-order valence-electron chi connectivity index (χ0n) is 31.9. The van der Waals surface area contributed by atoms with E-state index in [1.165, 1.54) is 25.4 Å². The molecule has 3 fully saturated rings. The van der Waals surface area contributed by atoms with Gasteiger partial charge < -0.3 is 15.5 Å². The van der Waals surface area contributed by atoms with Gasteiger partial charge in [0, 0.05) is 59.0 Å². The molecular formula is C37H63N5O7S. The molecule has 1 unspecified atom stereocenters. The average molecular weight is 722 g/mol. The lowest BCUT2D eigenvalue weighted by atomic mass is 9.75. The van der Waals surface area contributed by atoms with E-state index in [-0.39, 0.29) is 42.9 Å². The number of rotatable bonds is 17. The van der Waals surface area contributed by atoms with E-state index in [9.17, 15) is 32.4 Å². The van der Waals surface area contributed by atoms with Gasteiger partial charge in [0.2, 0.25) is 11.7 Å². The molecule has 1 aliphatic heterocycles. The maximum absolute atomic E-state index is 14.5. The highest BCUT2D eigenvalue weighted by atomic mass is 32.2. The Hall–Kier alpha value is -2.64. The number of fused-ring (bicyclic) bond motifs is 1. The molecule has 12 nitrogen and oxygen atoms in total. The van der Waals surface area contributed by atoms with Gasteiger partial charge >= 0.3 is 6.03 Å². The van der Waals surface area contributed by atoms with Crippen LogP contribution in [-0.4, -0.2) is 104 Å². The number of urea groups is 1.